The second kappa shape index (κ2) is 3.75. The fourth-order valence-corrected chi connectivity index (χ4v) is 1.93. The van der Waals surface area contributed by atoms with Crippen LogP contribution in [-0.2, 0) is 6.54 Å². The van der Waals surface area contributed by atoms with Gasteiger partial charge < -0.3 is 9.32 Å². The molecule has 0 fully saturated rings. The minimum Gasteiger partial charge on any atom is -0.460 e. The molecule has 2 aromatic rings. The Kier molecular flexibility index (Phi) is 2.61. The Morgan fingerprint density at radius 1 is 1.36 bits per heavy atom. The van der Waals surface area contributed by atoms with Gasteiger partial charge in [0.05, 0.1) is 6.54 Å². The van der Waals surface area contributed by atoms with Crippen LogP contribution in [0.25, 0.3) is 11.0 Å². The van der Waals surface area contributed by atoms with Crippen LogP contribution in [0.4, 0.5) is 0 Å². The van der Waals surface area contributed by atoms with Gasteiger partial charge in [-0.15, -0.1) is 0 Å². The van der Waals surface area contributed by atoms with E-state index in [0.717, 1.165) is 27.7 Å². The van der Waals surface area contributed by atoms with E-state index in [0.29, 0.717) is 0 Å². The monoisotopic (exact) mass is 253 g/mol. The van der Waals surface area contributed by atoms with Gasteiger partial charge in [0.15, 0.2) is 0 Å². The molecule has 1 aromatic heterocycles. The number of nitrogens with zero attached hydrogens (tertiary/aromatic N) is 1. The molecule has 74 valence electrons. The third-order valence-electron chi connectivity index (χ3n) is 2.03. The van der Waals surface area contributed by atoms with Crippen molar-refractivity contribution in [2.45, 2.75) is 6.54 Å². The Morgan fingerprint density at radius 2 is 2.14 bits per heavy atom. The summed E-state index contributed by atoms with van der Waals surface area (Å²) in [4.78, 5) is 2.09. The molecule has 0 saturated carbocycles. The normalized spacial score (nSPS) is 11.4. The fraction of sp³-hybridized carbons (Fsp3) is 0.273. The van der Waals surface area contributed by atoms with Crippen LogP contribution in [0.1, 0.15) is 5.76 Å². The van der Waals surface area contributed by atoms with Crippen LogP contribution in [0.2, 0.25) is 0 Å². The van der Waals surface area contributed by atoms with Crippen LogP contribution >= 0.6 is 15.9 Å². The highest BCUT2D eigenvalue weighted by molar-refractivity contribution is 9.10. The number of fused-ring (bicyclic) bond motifs is 1. The van der Waals surface area contributed by atoms with Crippen LogP contribution in [0.15, 0.2) is 33.2 Å². The van der Waals surface area contributed by atoms with E-state index in [1.807, 2.05) is 32.3 Å². The van der Waals surface area contributed by atoms with Crippen molar-refractivity contribution >= 4 is 26.9 Å². The molecule has 0 aliphatic heterocycles. The largest absolute Gasteiger partial charge is 0.460 e. The summed E-state index contributed by atoms with van der Waals surface area (Å²) < 4.78 is 6.77. The molecule has 1 aromatic carbocycles. The predicted octanol–water partition coefficient (Wildman–Crippen LogP) is 3.26. The molecule has 0 spiro atoms. The molecule has 0 aliphatic rings. The molecule has 0 amide bonds. The van der Waals surface area contributed by atoms with Crippen molar-refractivity contribution < 1.29 is 4.42 Å². The minimum absolute atomic E-state index is 0.834. The average molecular weight is 254 g/mol. The van der Waals surface area contributed by atoms with Crippen molar-refractivity contribution in [3.05, 3.63) is 34.5 Å². The standard InChI is InChI=1S/C11H12BrNO/c1-13(2)7-8-6-9-10(12)4-3-5-11(9)14-8/h3-6H,7H2,1-2H3. The number of hydrogen-bond acceptors (Lipinski definition) is 2. The van der Waals surface area contributed by atoms with Crippen molar-refractivity contribution in [1.29, 1.82) is 0 Å². The van der Waals surface area contributed by atoms with Gasteiger partial charge in [0.1, 0.15) is 11.3 Å². The highest BCUT2D eigenvalue weighted by atomic mass is 79.9. The van der Waals surface area contributed by atoms with Gasteiger partial charge in [-0.2, -0.15) is 0 Å². The fourth-order valence-electron chi connectivity index (χ4n) is 1.47. The van der Waals surface area contributed by atoms with E-state index in [2.05, 4.69) is 26.9 Å². The van der Waals surface area contributed by atoms with Gasteiger partial charge in [-0.05, 0) is 32.3 Å². The first kappa shape index (κ1) is 9.74. The quantitative estimate of drug-likeness (QED) is 0.817. The van der Waals surface area contributed by atoms with E-state index in [4.69, 9.17) is 4.42 Å². The van der Waals surface area contributed by atoms with Crippen LogP contribution in [0.5, 0.6) is 0 Å². The SMILES string of the molecule is CN(C)Cc1cc2c(Br)cccc2o1. The second-order valence-corrected chi connectivity index (χ2v) is 4.46. The zero-order chi connectivity index (χ0) is 10.1. The predicted molar refractivity (Wildman–Crippen MR) is 61.3 cm³/mol. The van der Waals surface area contributed by atoms with E-state index < -0.39 is 0 Å². The summed E-state index contributed by atoms with van der Waals surface area (Å²) in [7, 11) is 4.06. The van der Waals surface area contributed by atoms with Crippen molar-refractivity contribution in [1.82, 2.24) is 4.90 Å². The van der Waals surface area contributed by atoms with E-state index in [-0.39, 0.29) is 0 Å². The first-order valence-electron chi connectivity index (χ1n) is 4.48. The van der Waals surface area contributed by atoms with Gasteiger partial charge in [0, 0.05) is 9.86 Å². The third-order valence-corrected chi connectivity index (χ3v) is 2.72. The average Bonchev–Trinajstić information content (AvgIpc) is 2.47. The molecule has 0 N–H and O–H groups in total. The van der Waals surface area contributed by atoms with Crippen LogP contribution in [0.3, 0.4) is 0 Å². The van der Waals surface area contributed by atoms with Crippen molar-refractivity contribution in [3.8, 4) is 0 Å². The summed E-state index contributed by atoms with van der Waals surface area (Å²) in [6.45, 7) is 0.834. The third kappa shape index (κ3) is 1.83. The Balaban J connectivity index is 2.46. The molecule has 0 saturated heterocycles. The van der Waals surface area contributed by atoms with Gasteiger partial charge in [0.2, 0.25) is 0 Å². The summed E-state index contributed by atoms with van der Waals surface area (Å²) in [5, 5.41) is 1.14. The van der Waals surface area contributed by atoms with Crippen LogP contribution < -0.4 is 0 Å². The van der Waals surface area contributed by atoms with Crippen molar-refractivity contribution in [2.24, 2.45) is 0 Å². The summed E-state index contributed by atoms with van der Waals surface area (Å²) in [6, 6.07) is 8.07. The zero-order valence-corrected chi connectivity index (χ0v) is 9.84. The summed E-state index contributed by atoms with van der Waals surface area (Å²) in [5.74, 6) is 0.997. The molecule has 0 aliphatic carbocycles. The van der Waals surface area contributed by atoms with Gasteiger partial charge in [-0.1, -0.05) is 22.0 Å². The number of rotatable bonds is 2. The van der Waals surface area contributed by atoms with Gasteiger partial charge in [-0.3, -0.25) is 0 Å². The number of hydrogen-bond donors (Lipinski definition) is 0. The molecule has 0 atom stereocenters. The number of furan rings is 1. The first-order valence-corrected chi connectivity index (χ1v) is 5.28. The Bertz CT molecular complexity index is 447. The second-order valence-electron chi connectivity index (χ2n) is 3.60. The Labute approximate surface area is 91.6 Å². The molecule has 0 bridgehead atoms. The highest BCUT2D eigenvalue weighted by Crippen LogP contribution is 2.27. The zero-order valence-electron chi connectivity index (χ0n) is 8.25. The van der Waals surface area contributed by atoms with E-state index in [1.54, 1.807) is 0 Å². The minimum atomic E-state index is 0.834. The molecule has 14 heavy (non-hydrogen) atoms. The topological polar surface area (TPSA) is 16.4 Å². The highest BCUT2D eigenvalue weighted by Gasteiger charge is 2.06. The van der Waals surface area contributed by atoms with Gasteiger partial charge in [-0.25, -0.2) is 0 Å². The summed E-state index contributed by atoms with van der Waals surface area (Å²) >= 11 is 3.50. The Morgan fingerprint density at radius 3 is 2.79 bits per heavy atom. The molecule has 0 radical (unpaired) electrons. The maximum atomic E-state index is 5.69. The lowest BCUT2D eigenvalue weighted by Crippen LogP contribution is -2.09. The van der Waals surface area contributed by atoms with E-state index in [1.165, 1.54) is 0 Å². The van der Waals surface area contributed by atoms with Gasteiger partial charge >= 0.3 is 0 Å². The van der Waals surface area contributed by atoms with E-state index >= 15 is 0 Å². The number of halogens is 1. The van der Waals surface area contributed by atoms with E-state index in [9.17, 15) is 0 Å². The molecule has 1 heterocycles. The number of benzene rings is 1. The molecular formula is C11H12BrNO. The summed E-state index contributed by atoms with van der Waals surface area (Å²) in [6.07, 6.45) is 0. The lowest BCUT2D eigenvalue weighted by atomic mass is 10.2. The van der Waals surface area contributed by atoms with Crippen LogP contribution in [-0.4, -0.2) is 19.0 Å². The molecular weight excluding hydrogens is 242 g/mol. The lowest BCUT2D eigenvalue weighted by Gasteiger charge is -2.04. The molecule has 2 nitrogen and oxygen atoms in total. The Hall–Kier alpha value is -0.800. The maximum absolute atomic E-state index is 5.69. The smallest absolute Gasteiger partial charge is 0.135 e. The van der Waals surface area contributed by atoms with Gasteiger partial charge in [0.25, 0.3) is 0 Å². The molecule has 0 unspecified atom stereocenters. The van der Waals surface area contributed by atoms with Crippen molar-refractivity contribution in [2.75, 3.05) is 14.1 Å². The molecule has 2 rings (SSSR count). The maximum Gasteiger partial charge on any atom is 0.135 e. The van der Waals surface area contributed by atoms with Crippen molar-refractivity contribution in [3.63, 3.8) is 0 Å². The van der Waals surface area contributed by atoms with Crippen LogP contribution in [0, 0.1) is 0 Å². The summed E-state index contributed by atoms with van der Waals surface area (Å²) in [5.41, 5.74) is 0.941. The lowest BCUT2D eigenvalue weighted by molar-refractivity contribution is 0.358. The molecule has 3 heteroatoms. The first-order chi connectivity index (χ1) is 6.66.